The van der Waals surface area contributed by atoms with E-state index in [0.717, 1.165) is 6.04 Å². The van der Waals surface area contributed by atoms with Crippen molar-refractivity contribution in [2.75, 3.05) is 33.7 Å². The highest BCUT2D eigenvalue weighted by atomic mass is 15.3. The minimum absolute atomic E-state index is 0. The summed E-state index contributed by atoms with van der Waals surface area (Å²) < 4.78 is 0. The third-order valence-corrected chi connectivity index (χ3v) is 2.16. The van der Waals surface area contributed by atoms with Gasteiger partial charge >= 0.3 is 0 Å². The van der Waals surface area contributed by atoms with Crippen LogP contribution in [0.1, 0.15) is 14.4 Å². The zero-order chi connectivity index (χ0) is 6.85. The van der Waals surface area contributed by atoms with E-state index in [0.29, 0.717) is 0 Å². The molecule has 1 rings (SSSR count). The van der Waals surface area contributed by atoms with Crippen LogP contribution in [0.15, 0.2) is 0 Å². The van der Waals surface area contributed by atoms with Gasteiger partial charge in [0.25, 0.3) is 0 Å². The van der Waals surface area contributed by atoms with Gasteiger partial charge in [-0.05, 0) is 21.0 Å². The smallest absolute Gasteiger partial charge is 0.0192 e. The molecule has 1 aliphatic rings. The molecule has 0 unspecified atom stereocenters. The van der Waals surface area contributed by atoms with Crippen molar-refractivity contribution >= 4 is 0 Å². The van der Waals surface area contributed by atoms with Crippen LogP contribution in [0, 0.1) is 0 Å². The summed E-state index contributed by atoms with van der Waals surface area (Å²) in [6, 6.07) is 0.740. The Bertz CT molecular complexity index is 93.3. The van der Waals surface area contributed by atoms with Crippen LogP contribution in [0.3, 0.4) is 0 Å². The lowest BCUT2D eigenvalue weighted by Gasteiger charge is -2.35. The number of piperazine rings is 1. The monoisotopic (exact) mass is 144 g/mol. The predicted octanol–water partition coefficient (Wildman–Crippen LogP) is 0.888. The van der Waals surface area contributed by atoms with Crippen LogP contribution in [0.2, 0.25) is 0 Å². The molecule has 0 aromatic rings. The van der Waals surface area contributed by atoms with E-state index in [9.17, 15) is 0 Å². The quantitative estimate of drug-likeness (QED) is 0.498. The second kappa shape index (κ2) is 3.94. The molecule has 0 aliphatic carbocycles. The first kappa shape index (κ1) is 9.92. The lowest BCUT2D eigenvalue weighted by Crippen LogP contribution is -2.48. The molecule has 0 aromatic carbocycles. The van der Waals surface area contributed by atoms with Crippen LogP contribution >= 0.6 is 0 Å². The van der Waals surface area contributed by atoms with Crippen LogP contribution < -0.4 is 0 Å². The Labute approximate surface area is 64.8 Å². The van der Waals surface area contributed by atoms with Crippen molar-refractivity contribution in [2.45, 2.75) is 20.4 Å². The molecule has 2 heteroatoms. The summed E-state index contributed by atoms with van der Waals surface area (Å²) in [4.78, 5) is 4.78. The molecule has 2 nitrogen and oxygen atoms in total. The van der Waals surface area contributed by atoms with Crippen LogP contribution in [-0.4, -0.2) is 49.6 Å². The fourth-order valence-corrected chi connectivity index (χ4v) is 1.23. The van der Waals surface area contributed by atoms with Crippen molar-refractivity contribution in [1.29, 1.82) is 0 Å². The molecule has 0 bridgehead atoms. The van der Waals surface area contributed by atoms with E-state index < -0.39 is 0 Å². The summed E-state index contributed by atoms with van der Waals surface area (Å²) in [6.45, 7) is 5.94. The lowest BCUT2D eigenvalue weighted by atomic mass is 10.2. The normalized spacial score (nSPS) is 29.7. The van der Waals surface area contributed by atoms with Gasteiger partial charge < -0.3 is 9.80 Å². The van der Waals surface area contributed by atoms with Crippen molar-refractivity contribution in [1.82, 2.24) is 9.80 Å². The minimum atomic E-state index is 0. The summed E-state index contributed by atoms with van der Waals surface area (Å²) in [5, 5.41) is 0. The van der Waals surface area contributed by atoms with E-state index in [1.54, 1.807) is 0 Å². The molecule has 0 saturated carbocycles. The molecule has 1 atom stereocenters. The second-order valence-electron chi connectivity index (χ2n) is 3.09. The molecule has 0 spiro atoms. The maximum Gasteiger partial charge on any atom is 0.0192 e. The Balaban J connectivity index is 0.000000810. The third-order valence-electron chi connectivity index (χ3n) is 2.16. The number of hydrogen-bond donors (Lipinski definition) is 0. The standard InChI is InChI=1S/C7H16N2.CH4/c1-7-6-8(2)4-5-9(7)3;/h7H,4-6H2,1-3H3;1H4/t7-;/m0./s1. The van der Waals surface area contributed by atoms with Gasteiger partial charge in [0, 0.05) is 25.7 Å². The topological polar surface area (TPSA) is 6.48 Å². The molecular weight excluding hydrogens is 124 g/mol. The van der Waals surface area contributed by atoms with Gasteiger partial charge in [0.1, 0.15) is 0 Å². The molecule has 1 fully saturated rings. The molecule has 10 heavy (non-hydrogen) atoms. The summed E-state index contributed by atoms with van der Waals surface area (Å²) >= 11 is 0. The average Bonchev–Trinajstić information content (AvgIpc) is 1.80. The van der Waals surface area contributed by atoms with E-state index in [2.05, 4.69) is 30.8 Å². The number of nitrogens with zero attached hydrogens (tertiary/aromatic N) is 2. The molecule has 0 aromatic heterocycles. The van der Waals surface area contributed by atoms with E-state index in [1.807, 2.05) is 0 Å². The first-order valence-electron chi connectivity index (χ1n) is 3.59. The Morgan fingerprint density at radius 2 is 1.80 bits per heavy atom. The third kappa shape index (κ3) is 2.27. The average molecular weight is 144 g/mol. The molecule has 0 N–H and O–H groups in total. The van der Waals surface area contributed by atoms with Gasteiger partial charge in [0.05, 0.1) is 0 Å². The molecular formula is C8H20N2. The van der Waals surface area contributed by atoms with Gasteiger partial charge in [-0.1, -0.05) is 7.43 Å². The van der Waals surface area contributed by atoms with Crippen molar-refractivity contribution in [3.8, 4) is 0 Å². The Hall–Kier alpha value is -0.0800. The maximum atomic E-state index is 2.40. The molecule has 1 aliphatic heterocycles. The highest BCUT2D eigenvalue weighted by Gasteiger charge is 2.16. The summed E-state index contributed by atoms with van der Waals surface area (Å²) in [5.74, 6) is 0. The van der Waals surface area contributed by atoms with Crippen molar-refractivity contribution in [3.05, 3.63) is 0 Å². The summed E-state index contributed by atoms with van der Waals surface area (Å²) in [5.41, 5.74) is 0. The van der Waals surface area contributed by atoms with Gasteiger partial charge in [-0.3, -0.25) is 0 Å². The summed E-state index contributed by atoms with van der Waals surface area (Å²) in [6.07, 6.45) is 0. The van der Waals surface area contributed by atoms with Crippen LogP contribution in [0.5, 0.6) is 0 Å². The predicted molar refractivity (Wildman–Crippen MR) is 46.3 cm³/mol. The maximum absolute atomic E-state index is 2.40. The zero-order valence-electron chi connectivity index (χ0n) is 6.59. The van der Waals surface area contributed by atoms with Gasteiger partial charge in [0.2, 0.25) is 0 Å². The fourth-order valence-electron chi connectivity index (χ4n) is 1.23. The van der Waals surface area contributed by atoms with Crippen LogP contribution in [-0.2, 0) is 0 Å². The second-order valence-corrected chi connectivity index (χ2v) is 3.09. The van der Waals surface area contributed by atoms with Crippen molar-refractivity contribution < 1.29 is 0 Å². The minimum Gasteiger partial charge on any atom is -0.304 e. The first-order chi connectivity index (χ1) is 4.20. The Morgan fingerprint density at radius 3 is 2.20 bits per heavy atom. The SMILES string of the molecule is C.C[C@H]1CN(C)CCN1C. The van der Waals surface area contributed by atoms with Gasteiger partial charge in [-0.25, -0.2) is 0 Å². The van der Waals surface area contributed by atoms with E-state index in [4.69, 9.17) is 0 Å². The van der Waals surface area contributed by atoms with Gasteiger partial charge in [-0.15, -0.1) is 0 Å². The molecule has 0 radical (unpaired) electrons. The van der Waals surface area contributed by atoms with Crippen LogP contribution in [0.4, 0.5) is 0 Å². The highest BCUT2D eigenvalue weighted by Crippen LogP contribution is 2.03. The van der Waals surface area contributed by atoms with Gasteiger partial charge in [0.15, 0.2) is 0 Å². The van der Waals surface area contributed by atoms with Gasteiger partial charge in [-0.2, -0.15) is 0 Å². The zero-order valence-corrected chi connectivity index (χ0v) is 6.59. The van der Waals surface area contributed by atoms with E-state index >= 15 is 0 Å². The molecule has 62 valence electrons. The van der Waals surface area contributed by atoms with E-state index in [1.165, 1.54) is 19.6 Å². The Kier molecular flexibility index (Phi) is 3.91. The number of hydrogen-bond acceptors (Lipinski definition) is 2. The largest absolute Gasteiger partial charge is 0.304 e. The van der Waals surface area contributed by atoms with Crippen LogP contribution in [0.25, 0.3) is 0 Å². The molecule has 0 amide bonds. The number of likely N-dealkylation sites (N-methyl/N-ethyl adjacent to an activating group) is 2. The van der Waals surface area contributed by atoms with Crippen molar-refractivity contribution in [3.63, 3.8) is 0 Å². The molecule has 1 heterocycles. The Morgan fingerprint density at radius 1 is 1.20 bits per heavy atom. The van der Waals surface area contributed by atoms with E-state index in [-0.39, 0.29) is 7.43 Å². The first-order valence-corrected chi connectivity index (χ1v) is 3.59. The fraction of sp³-hybridized carbons (Fsp3) is 1.00. The lowest BCUT2D eigenvalue weighted by molar-refractivity contribution is 0.125. The highest BCUT2D eigenvalue weighted by molar-refractivity contribution is 4.73. The summed E-state index contributed by atoms with van der Waals surface area (Å²) in [7, 11) is 4.38. The molecule has 1 saturated heterocycles. The van der Waals surface area contributed by atoms with Crippen molar-refractivity contribution in [2.24, 2.45) is 0 Å². The number of rotatable bonds is 0.